The lowest BCUT2D eigenvalue weighted by Crippen LogP contribution is -2.29. The SMILES string of the molecule is O=C(NCc1cccc(F)c1)c1cc2c([nH]c1=O)CCC2. The number of hydrogen-bond donors (Lipinski definition) is 2. The molecule has 1 aliphatic rings. The molecule has 2 aromatic rings. The maximum absolute atomic E-state index is 13.1. The molecular weight excluding hydrogens is 271 g/mol. The Labute approximate surface area is 121 Å². The Morgan fingerprint density at radius 2 is 2.14 bits per heavy atom. The van der Waals surface area contributed by atoms with E-state index in [1.807, 2.05) is 0 Å². The zero-order valence-corrected chi connectivity index (χ0v) is 11.4. The maximum atomic E-state index is 13.1. The van der Waals surface area contributed by atoms with Gasteiger partial charge >= 0.3 is 0 Å². The zero-order valence-electron chi connectivity index (χ0n) is 11.4. The minimum atomic E-state index is -0.435. The number of carbonyl (C=O) groups is 1. The van der Waals surface area contributed by atoms with Gasteiger partial charge < -0.3 is 10.3 Å². The highest BCUT2D eigenvalue weighted by Crippen LogP contribution is 2.18. The number of H-pyrrole nitrogens is 1. The largest absolute Gasteiger partial charge is 0.348 e. The Morgan fingerprint density at radius 1 is 1.29 bits per heavy atom. The van der Waals surface area contributed by atoms with Crippen molar-refractivity contribution in [3.8, 4) is 0 Å². The monoisotopic (exact) mass is 286 g/mol. The van der Waals surface area contributed by atoms with Crippen LogP contribution in [0.3, 0.4) is 0 Å². The van der Waals surface area contributed by atoms with Gasteiger partial charge in [-0.05, 0) is 48.6 Å². The number of carbonyl (C=O) groups excluding carboxylic acids is 1. The van der Waals surface area contributed by atoms with E-state index in [4.69, 9.17) is 0 Å². The van der Waals surface area contributed by atoms with E-state index in [2.05, 4.69) is 10.3 Å². The standard InChI is InChI=1S/C16H15FN2O2/c17-12-5-1-3-10(7-12)9-18-15(20)13-8-11-4-2-6-14(11)19-16(13)21/h1,3,5,7-8H,2,4,6,9H2,(H,18,20)(H,19,21). The van der Waals surface area contributed by atoms with Gasteiger partial charge in [0.1, 0.15) is 11.4 Å². The highest BCUT2D eigenvalue weighted by atomic mass is 19.1. The minimum absolute atomic E-state index is 0.118. The summed E-state index contributed by atoms with van der Waals surface area (Å²) in [5.41, 5.74) is 2.37. The van der Waals surface area contributed by atoms with Crippen LogP contribution in [0.1, 0.15) is 33.6 Å². The molecule has 0 unspecified atom stereocenters. The van der Waals surface area contributed by atoms with Gasteiger partial charge in [0.05, 0.1) is 0 Å². The van der Waals surface area contributed by atoms with Crippen LogP contribution < -0.4 is 10.9 Å². The van der Waals surface area contributed by atoms with Crippen LogP contribution in [0.5, 0.6) is 0 Å². The third-order valence-corrected chi connectivity index (χ3v) is 3.67. The van der Waals surface area contributed by atoms with E-state index < -0.39 is 5.91 Å². The Bertz CT molecular complexity index is 752. The summed E-state index contributed by atoms with van der Waals surface area (Å²) in [5.74, 6) is -0.785. The average molecular weight is 286 g/mol. The molecule has 4 nitrogen and oxygen atoms in total. The van der Waals surface area contributed by atoms with Crippen molar-refractivity contribution < 1.29 is 9.18 Å². The first kappa shape index (κ1) is 13.5. The van der Waals surface area contributed by atoms with Crippen molar-refractivity contribution in [1.29, 1.82) is 0 Å². The molecule has 0 radical (unpaired) electrons. The molecule has 5 heteroatoms. The van der Waals surface area contributed by atoms with Crippen molar-refractivity contribution >= 4 is 5.91 Å². The number of pyridine rings is 1. The van der Waals surface area contributed by atoms with E-state index in [0.29, 0.717) is 5.56 Å². The topological polar surface area (TPSA) is 62.0 Å². The molecule has 3 rings (SSSR count). The number of aryl methyl sites for hydroxylation is 2. The summed E-state index contributed by atoms with van der Waals surface area (Å²) in [6.45, 7) is 0.188. The normalized spacial score (nSPS) is 13.0. The van der Waals surface area contributed by atoms with Gasteiger partial charge in [0.15, 0.2) is 0 Å². The van der Waals surface area contributed by atoms with Crippen molar-refractivity contribution in [2.75, 3.05) is 0 Å². The molecule has 1 heterocycles. The fourth-order valence-electron chi connectivity index (χ4n) is 2.61. The lowest BCUT2D eigenvalue weighted by Gasteiger charge is -2.07. The van der Waals surface area contributed by atoms with E-state index in [-0.39, 0.29) is 23.5 Å². The molecular formula is C16H15FN2O2. The Balaban J connectivity index is 1.75. The second-order valence-electron chi connectivity index (χ2n) is 5.18. The molecule has 0 bridgehead atoms. The van der Waals surface area contributed by atoms with Gasteiger partial charge in [-0.15, -0.1) is 0 Å². The predicted molar refractivity (Wildman–Crippen MR) is 76.7 cm³/mol. The second-order valence-corrected chi connectivity index (χ2v) is 5.18. The van der Waals surface area contributed by atoms with Gasteiger partial charge in [0.2, 0.25) is 0 Å². The molecule has 0 atom stereocenters. The molecule has 0 fully saturated rings. The number of aromatic nitrogens is 1. The Hall–Kier alpha value is -2.43. The molecule has 1 aromatic carbocycles. The summed E-state index contributed by atoms with van der Waals surface area (Å²) in [6.07, 6.45) is 2.74. The van der Waals surface area contributed by atoms with E-state index >= 15 is 0 Å². The molecule has 1 aliphatic carbocycles. The number of benzene rings is 1. The van der Waals surface area contributed by atoms with Crippen LogP contribution in [-0.2, 0) is 19.4 Å². The third-order valence-electron chi connectivity index (χ3n) is 3.67. The fourth-order valence-corrected chi connectivity index (χ4v) is 2.61. The minimum Gasteiger partial charge on any atom is -0.348 e. The summed E-state index contributed by atoms with van der Waals surface area (Å²) >= 11 is 0. The van der Waals surface area contributed by atoms with Crippen LogP contribution in [0, 0.1) is 5.82 Å². The van der Waals surface area contributed by atoms with Crippen molar-refractivity contribution in [3.63, 3.8) is 0 Å². The van der Waals surface area contributed by atoms with Crippen molar-refractivity contribution in [2.24, 2.45) is 0 Å². The van der Waals surface area contributed by atoms with Crippen LogP contribution in [-0.4, -0.2) is 10.9 Å². The molecule has 0 saturated heterocycles. The van der Waals surface area contributed by atoms with Gasteiger partial charge in [-0.25, -0.2) is 4.39 Å². The molecule has 1 aromatic heterocycles. The summed E-state index contributed by atoms with van der Waals surface area (Å²) in [7, 11) is 0. The van der Waals surface area contributed by atoms with Crippen LogP contribution in [0.2, 0.25) is 0 Å². The molecule has 1 amide bonds. The molecule has 0 spiro atoms. The van der Waals surface area contributed by atoms with Crippen LogP contribution >= 0.6 is 0 Å². The summed E-state index contributed by atoms with van der Waals surface area (Å²) in [4.78, 5) is 26.8. The van der Waals surface area contributed by atoms with Gasteiger partial charge in [-0.3, -0.25) is 9.59 Å². The van der Waals surface area contributed by atoms with Crippen LogP contribution in [0.15, 0.2) is 35.1 Å². The summed E-state index contributed by atoms with van der Waals surface area (Å²) in [6, 6.07) is 7.67. The van der Waals surface area contributed by atoms with Gasteiger partial charge in [0, 0.05) is 12.2 Å². The van der Waals surface area contributed by atoms with Crippen molar-refractivity contribution in [1.82, 2.24) is 10.3 Å². The number of amides is 1. The van der Waals surface area contributed by atoms with Crippen LogP contribution in [0.4, 0.5) is 4.39 Å². The second kappa shape index (κ2) is 5.52. The lowest BCUT2D eigenvalue weighted by molar-refractivity contribution is 0.0949. The zero-order chi connectivity index (χ0) is 14.8. The highest BCUT2D eigenvalue weighted by molar-refractivity contribution is 5.94. The summed E-state index contributed by atoms with van der Waals surface area (Å²) in [5, 5.41) is 2.65. The maximum Gasteiger partial charge on any atom is 0.261 e. The van der Waals surface area contributed by atoms with E-state index in [0.717, 1.165) is 30.5 Å². The quantitative estimate of drug-likeness (QED) is 0.905. The number of hydrogen-bond acceptors (Lipinski definition) is 2. The number of halogens is 1. The first-order chi connectivity index (χ1) is 10.1. The van der Waals surface area contributed by atoms with Gasteiger partial charge in [-0.1, -0.05) is 12.1 Å². The van der Waals surface area contributed by atoms with E-state index in [1.165, 1.54) is 12.1 Å². The lowest BCUT2D eigenvalue weighted by atomic mass is 10.1. The fraction of sp³-hybridized carbons (Fsp3) is 0.250. The van der Waals surface area contributed by atoms with Crippen LogP contribution in [0.25, 0.3) is 0 Å². The molecule has 108 valence electrons. The number of nitrogens with one attached hydrogen (secondary N) is 2. The molecule has 0 aliphatic heterocycles. The Kier molecular flexibility index (Phi) is 3.56. The summed E-state index contributed by atoms with van der Waals surface area (Å²) < 4.78 is 13.1. The number of aromatic amines is 1. The number of rotatable bonds is 3. The first-order valence-electron chi connectivity index (χ1n) is 6.91. The number of fused-ring (bicyclic) bond motifs is 1. The van der Waals surface area contributed by atoms with Crippen molar-refractivity contribution in [3.05, 3.63) is 68.9 Å². The highest BCUT2D eigenvalue weighted by Gasteiger charge is 2.17. The third kappa shape index (κ3) is 2.86. The van der Waals surface area contributed by atoms with E-state index in [9.17, 15) is 14.0 Å². The van der Waals surface area contributed by atoms with Crippen molar-refractivity contribution in [2.45, 2.75) is 25.8 Å². The first-order valence-corrected chi connectivity index (χ1v) is 6.91. The Morgan fingerprint density at radius 3 is 2.95 bits per heavy atom. The average Bonchev–Trinajstić information content (AvgIpc) is 2.91. The molecule has 0 saturated carbocycles. The smallest absolute Gasteiger partial charge is 0.261 e. The predicted octanol–water partition coefficient (Wildman–Crippen LogP) is 1.93. The van der Waals surface area contributed by atoms with E-state index in [1.54, 1.807) is 18.2 Å². The van der Waals surface area contributed by atoms with Gasteiger partial charge in [-0.2, -0.15) is 0 Å². The molecule has 21 heavy (non-hydrogen) atoms. The van der Waals surface area contributed by atoms with Gasteiger partial charge in [0.25, 0.3) is 11.5 Å². The molecule has 2 N–H and O–H groups in total.